The summed E-state index contributed by atoms with van der Waals surface area (Å²) in [5.41, 5.74) is 0.133. The van der Waals surface area contributed by atoms with E-state index in [0.29, 0.717) is 0 Å². The lowest BCUT2D eigenvalue weighted by atomic mass is 10.2. The topological polar surface area (TPSA) is 121 Å². The minimum Gasteiger partial charge on any atom is -0.273 e. The summed E-state index contributed by atoms with van der Waals surface area (Å²) in [5.74, 6) is -0.888. The molecule has 1 aliphatic rings. The van der Waals surface area contributed by atoms with Crippen molar-refractivity contribution >= 4 is 21.6 Å². The van der Waals surface area contributed by atoms with Crippen LogP contribution in [0, 0.1) is 11.3 Å². The summed E-state index contributed by atoms with van der Waals surface area (Å²) in [7, 11) is -3.56. The number of nitrogens with zero attached hydrogens (tertiary/aromatic N) is 5. The van der Waals surface area contributed by atoms with E-state index in [1.54, 1.807) is 0 Å². The molecule has 2 aromatic heterocycles. The van der Waals surface area contributed by atoms with Gasteiger partial charge in [-0.1, -0.05) is 0 Å². The maximum absolute atomic E-state index is 13.3. The first-order valence-corrected chi connectivity index (χ1v) is 9.25. The molecular weight excluding hydrogens is 389 g/mol. The smallest absolute Gasteiger partial charge is 0.273 e. The number of anilines is 1. The summed E-state index contributed by atoms with van der Waals surface area (Å²) in [6.07, 6.45) is -2.96. The molecule has 1 saturated heterocycles. The number of carbonyl (C=O) groups is 1. The number of amides is 1. The molecule has 0 radical (unpaired) electrons. The molecule has 0 aromatic carbocycles. The Hall–Kier alpha value is -3.14. The number of rotatable bonds is 3. The average Bonchev–Trinajstić information content (AvgIpc) is 3.16. The molecule has 9 nitrogen and oxygen atoms in total. The Morgan fingerprint density at radius 2 is 2.04 bits per heavy atom. The molecule has 0 aliphatic carbocycles. The molecule has 1 amide bonds. The van der Waals surface area contributed by atoms with Crippen molar-refractivity contribution in [3.05, 3.63) is 29.6 Å². The molecule has 0 spiro atoms. The quantitative estimate of drug-likeness (QED) is 0.809. The molecule has 0 bridgehead atoms. The normalized spacial score (nSPS) is 14.9. The number of pyridine rings is 1. The fourth-order valence-corrected chi connectivity index (χ4v) is 3.03. The number of nitrogens with one attached hydrogen (secondary N) is 1. The van der Waals surface area contributed by atoms with Crippen molar-refractivity contribution in [2.75, 3.05) is 17.8 Å². The maximum Gasteiger partial charge on any atom is 0.436 e. The van der Waals surface area contributed by atoms with E-state index in [0.717, 1.165) is 34.3 Å². The lowest BCUT2D eigenvalue weighted by Crippen LogP contribution is -2.35. The van der Waals surface area contributed by atoms with E-state index in [2.05, 4.69) is 15.5 Å². The molecule has 142 valence electrons. The van der Waals surface area contributed by atoms with Crippen molar-refractivity contribution in [3.8, 4) is 11.9 Å². The first kappa shape index (κ1) is 18.6. The van der Waals surface area contributed by atoms with E-state index in [9.17, 15) is 31.6 Å². The average molecular weight is 400 g/mol. The second kappa shape index (κ2) is 6.23. The summed E-state index contributed by atoms with van der Waals surface area (Å²) >= 11 is 0. The number of alkyl halides is 3. The second-order valence-corrected chi connectivity index (χ2v) is 7.65. The number of hydrogen-bond donors (Lipinski definition) is 1. The highest BCUT2D eigenvalue weighted by molar-refractivity contribution is 7.90. The lowest BCUT2D eigenvalue weighted by molar-refractivity contribution is -0.141. The van der Waals surface area contributed by atoms with Crippen molar-refractivity contribution in [1.82, 2.24) is 20.2 Å². The van der Waals surface area contributed by atoms with Crippen LogP contribution in [0.3, 0.4) is 0 Å². The molecule has 1 fully saturated rings. The summed E-state index contributed by atoms with van der Waals surface area (Å²) in [6.45, 7) is 0.0257. The van der Waals surface area contributed by atoms with Crippen LogP contribution in [0.25, 0.3) is 5.82 Å². The van der Waals surface area contributed by atoms with Crippen molar-refractivity contribution in [3.63, 3.8) is 0 Å². The lowest BCUT2D eigenvalue weighted by Gasteiger charge is -2.18. The number of hydrogen-bond acceptors (Lipinski definition) is 7. The van der Waals surface area contributed by atoms with Gasteiger partial charge in [-0.05, 0) is 12.1 Å². The van der Waals surface area contributed by atoms with Gasteiger partial charge < -0.3 is 0 Å². The summed E-state index contributed by atoms with van der Waals surface area (Å²) < 4.78 is 63.7. The van der Waals surface area contributed by atoms with Gasteiger partial charge in [0.15, 0.2) is 27.2 Å². The van der Waals surface area contributed by atoms with Crippen LogP contribution >= 0.6 is 0 Å². The Kier molecular flexibility index (Phi) is 4.31. The third-order valence-corrected chi connectivity index (χ3v) is 4.78. The highest BCUT2D eigenvalue weighted by atomic mass is 32.2. The summed E-state index contributed by atoms with van der Waals surface area (Å²) in [4.78, 5) is 15.2. The molecule has 2 aromatic rings. The van der Waals surface area contributed by atoms with Crippen molar-refractivity contribution in [1.29, 1.82) is 5.26 Å². The van der Waals surface area contributed by atoms with Crippen molar-refractivity contribution < 1.29 is 26.4 Å². The van der Waals surface area contributed by atoms with Gasteiger partial charge in [-0.2, -0.15) is 28.2 Å². The molecule has 0 unspecified atom stereocenters. The molecular formula is C14H11F3N6O3S. The van der Waals surface area contributed by atoms with Gasteiger partial charge in [0.05, 0.1) is 11.4 Å². The van der Waals surface area contributed by atoms with E-state index in [-0.39, 0.29) is 29.5 Å². The number of carbonyl (C=O) groups excluding carboxylic acids is 1. The Labute approximate surface area is 150 Å². The van der Waals surface area contributed by atoms with Crippen LogP contribution in [-0.4, -0.2) is 41.9 Å². The number of hydrazine groups is 1. The number of halogens is 3. The first-order valence-electron chi connectivity index (χ1n) is 7.36. The third kappa shape index (κ3) is 3.43. The van der Waals surface area contributed by atoms with Gasteiger partial charge in [0.25, 0.3) is 0 Å². The molecule has 0 atom stereocenters. The van der Waals surface area contributed by atoms with Crippen LogP contribution in [0.5, 0.6) is 0 Å². The Bertz CT molecular complexity index is 1050. The number of aromatic nitrogens is 3. The fraction of sp³-hybridized carbons (Fsp3) is 0.286. The largest absolute Gasteiger partial charge is 0.436 e. The molecule has 1 N–H and O–H groups in total. The van der Waals surface area contributed by atoms with E-state index in [1.165, 1.54) is 6.07 Å². The maximum atomic E-state index is 13.3. The van der Waals surface area contributed by atoms with Crippen molar-refractivity contribution in [2.24, 2.45) is 0 Å². The van der Waals surface area contributed by atoms with E-state index in [4.69, 9.17) is 0 Å². The van der Waals surface area contributed by atoms with E-state index in [1.807, 2.05) is 0 Å². The Morgan fingerprint density at radius 3 is 2.48 bits per heavy atom. The summed E-state index contributed by atoms with van der Waals surface area (Å²) in [5, 5.41) is 13.8. The predicted molar refractivity (Wildman–Crippen MR) is 84.3 cm³/mol. The van der Waals surface area contributed by atoms with Gasteiger partial charge in [-0.15, -0.1) is 0 Å². The predicted octanol–water partition coefficient (Wildman–Crippen LogP) is 0.803. The van der Waals surface area contributed by atoms with Crippen molar-refractivity contribution in [2.45, 2.75) is 17.5 Å². The van der Waals surface area contributed by atoms with Crippen LogP contribution in [0.15, 0.2) is 23.2 Å². The van der Waals surface area contributed by atoms with Crippen LogP contribution in [0.4, 0.5) is 19.0 Å². The number of nitriles is 1. The van der Waals surface area contributed by atoms with E-state index >= 15 is 0 Å². The van der Waals surface area contributed by atoms with Crippen LogP contribution in [0.2, 0.25) is 0 Å². The number of sulfone groups is 1. The third-order valence-electron chi connectivity index (χ3n) is 3.69. The molecule has 1 aliphatic heterocycles. The highest BCUT2D eigenvalue weighted by Gasteiger charge is 2.42. The van der Waals surface area contributed by atoms with Gasteiger partial charge in [-0.25, -0.2) is 13.4 Å². The molecule has 13 heteroatoms. The van der Waals surface area contributed by atoms with Crippen LogP contribution < -0.4 is 10.4 Å². The Balaban J connectivity index is 2.21. The Morgan fingerprint density at radius 1 is 1.33 bits per heavy atom. The zero-order valence-corrected chi connectivity index (χ0v) is 14.5. The molecule has 27 heavy (non-hydrogen) atoms. The first-order chi connectivity index (χ1) is 12.5. The molecule has 0 saturated carbocycles. The van der Waals surface area contributed by atoms with Gasteiger partial charge in [-0.3, -0.25) is 15.2 Å². The minimum atomic E-state index is -4.92. The molecule has 3 heterocycles. The van der Waals surface area contributed by atoms with E-state index < -0.39 is 33.2 Å². The van der Waals surface area contributed by atoms with Gasteiger partial charge >= 0.3 is 6.18 Å². The van der Waals surface area contributed by atoms with Gasteiger partial charge in [0, 0.05) is 18.9 Å². The zero-order chi connectivity index (χ0) is 20.0. The van der Waals surface area contributed by atoms with Crippen LogP contribution in [-0.2, 0) is 20.8 Å². The summed E-state index contributed by atoms with van der Waals surface area (Å²) in [6, 6.07) is 3.78. The highest BCUT2D eigenvalue weighted by Crippen LogP contribution is 2.36. The second-order valence-electron chi connectivity index (χ2n) is 5.63. The monoisotopic (exact) mass is 400 g/mol. The molecule has 3 rings (SSSR count). The SMILES string of the molecule is CS(=O)(=O)c1ccc(-n2nc(C(F)(F)F)c(C#N)c2N2CCC(=O)N2)nc1. The van der Waals surface area contributed by atoms with Gasteiger partial charge in [0.1, 0.15) is 11.6 Å². The zero-order valence-electron chi connectivity index (χ0n) is 13.6. The standard InChI is InChI=1S/C14H11F3N6O3S/c1-27(25,26)8-2-3-10(19-7-8)23-13(22-5-4-11(24)20-22)9(6-18)12(21-23)14(15,16)17/h2-3,7H,4-5H2,1H3,(H,20,24). The fourth-order valence-electron chi connectivity index (χ4n) is 2.47. The van der Waals surface area contributed by atoms with Crippen LogP contribution in [0.1, 0.15) is 17.7 Å². The van der Waals surface area contributed by atoms with Gasteiger partial charge in [0.2, 0.25) is 5.91 Å². The minimum absolute atomic E-state index is 0.0256.